The number of amides is 1. The van der Waals surface area contributed by atoms with E-state index in [0.29, 0.717) is 25.9 Å². The monoisotopic (exact) mass is 942 g/mol. The molecule has 6 heteroatoms. The second-order valence-electron chi connectivity index (χ2n) is 20.3. The van der Waals surface area contributed by atoms with Gasteiger partial charge in [0.25, 0.3) is 0 Å². The average Bonchev–Trinajstić information content (AvgIpc) is 3.33. The van der Waals surface area contributed by atoms with Gasteiger partial charge in [-0.05, 0) is 89.9 Å². The number of rotatable bonds is 55. The minimum atomic E-state index is -0.676. The van der Waals surface area contributed by atoms with E-state index in [0.717, 1.165) is 83.5 Å². The zero-order valence-corrected chi connectivity index (χ0v) is 44.9. The summed E-state index contributed by atoms with van der Waals surface area (Å²) in [7, 11) is 0. The Labute approximate surface area is 417 Å². The first-order chi connectivity index (χ1) is 33.0. The maximum atomic E-state index is 12.5. The van der Waals surface area contributed by atoms with Gasteiger partial charge < -0.3 is 20.3 Å². The average molecular weight is 943 g/mol. The third kappa shape index (κ3) is 53.3. The molecule has 0 spiro atoms. The molecule has 394 valence electrons. The summed E-state index contributed by atoms with van der Waals surface area (Å²) in [5.74, 6) is -0.0745. The zero-order valence-electron chi connectivity index (χ0n) is 44.9. The number of nitrogens with one attached hydrogen (secondary N) is 1. The van der Waals surface area contributed by atoms with E-state index in [9.17, 15) is 19.8 Å². The normalized spacial score (nSPS) is 12.8. The summed E-state index contributed by atoms with van der Waals surface area (Å²) in [4.78, 5) is 24.5. The second kappa shape index (κ2) is 56.7. The Morgan fingerprint density at radius 2 is 0.746 bits per heavy atom. The molecule has 0 saturated carbocycles. The number of ether oxygens (including phenoxy) is 1. The minimum absolute atomic E-state index is 0.0254. The summed E-state index contributed by atoms with van der Waals surface area (Å²) in [6, 6.07) is -0.555. The van der Waals surface area contributed by atoms with Gasteiger partial charge in [0.2, 0.25) is 5.91 Å². The van der Waals surface area contributed by atoms with Gasteiger partial charge in [0, 0.05) is 12.8 Å². The van der Waals surface area contributed by atoms with Gasteiger partial charge in [0.15, 0.2) is 0 Å². The highest BCUT2D eigenvalue weighted by Gasteiger charge is 2.20. The number of carbonyl (C=O) groups excluding carboxylic acids is 2. The van der Waals surface area contributed by atoms with Crippen LogP contribution in [-0.4, -0.2) is 47.4 Å². The van der Waals surface area contributed by atoms with E-state index < -0.39 is 12.1 Å². The van der Waals surface area contributed by atoms with Crippen molar-refractivity contribution in [3.8, 4) is 0 Å². The van der Waals surface area contributed by atoms with Crippen LogP contribution in [0.5, 0.6) is 0 Å². The van der Waals surface area contributed by atoms with Crippen molar-refractivity contribution in [2.45, 2.75) is 328 Å². The van der Waals surface area contributed by atoms with Crippen LogP contribution in [0, 0.1) is 0 Å². The summed E-state index contributed by atoms with van der Waals surface area (Å²) in [5, 5.41) is 23.3. The molecule has 0 fully saturated rings. The van der Waals surface area contributed by atoms with E-state index in [-0.39, 0.29) is 18.5 Å². The topological polar surface area (TPSA) is 95.9 Å². The van der Waals surface area contributed by atoms with Gasteiger partial charge in [0.1, 0.15) is 0 Å². The van der Waals surface area contributed by atoms with Crippen molar-refractivity contribution < 1.29 is 24.5 Å². The number of esters is 1. The zero-order chi connectivity index (χ0) is 48.6. The molecule has 67 heavy (non-hydrogen) atoms. The lowest BCUT2D eigenvalue weighted by Gasteiger charge is -2.22. The fraction of sp³-hybridized carbons (Fsp3) is 0.869. The summed E-state index contributed by atoms with van der Waals surface area (Å²) in [6.07, 6.45) is 70.0. The highest BCUT2D eigenvalue weighted by molar-refractivity contribution is 5.76. The molecule has 3 N–H and O–H groups in total. The number of carbonyl (C=O) groups is 2. The predicted octanol–water partition coefficient (Wildman–Crippen LogP) is 18.4. The lowest BCUT2D eigenvalue weighted by atomic mass is 10.0. The molecule has 0 rings (SSSR count). The Morgan fingerprint density at radius 1 is 0.418 bits per heavy atom. The van der Waals surface area contributed by atoms with Gasteiger partial charge in [0.05, 0.1) is 25.4 Å². The Balaban J connectivity index is 3.50. The second-order valence-corrected chi connectivity index (χ2v) is 20.3. The van der Waals surface area contributed by atoms with E-state index in [1.807, 2.05) is 0 Å². The van der Waals surface area contributed by atoms with E-state index in [1.165, 1.54) is 199 Å². The number of aliphatic hydroxyl groups excluding tert-OH is 2. The molecule has 0 aromatic rings. The van der Waals surface area contributed by atoms with Crippen LogP contribution in [0.4, 0.5) is 0 Å². The number of hydrogen-bond acceptors (Lipinski definition) is 5. The first kappa shape index (κ1) is 65.1. The van der Waals surface area contributed by atoms with E-state index in [1.54, 1.807) is 0 Å². The smallest absolute Gasteiger partial charge is 0.305 e. The molecule has 0 heterocycles. The summed E-state index contributed by atoms with van der Waals surface area (Å²) >= 11 is 0. The summed E-state index contributed by atoms with van der Waals surface area (Å²) < 4.78 is 5.43. The quantitative estimate of drug-likeness (QED) is 0.0321. The van der Waals surface area contributed by atoms with Crippen LogP contribution in [0.3, 0.4) is 0 Å². The lowest BCUT2D eigenvalue weighted by Crippen LogP contribution is -2.45. The Bertz CT molecular complexity index is 1090. The van der Waals surface area contributed by atoms with Crippen molar-refractivity contribution in [2.75, 3.05) is 13.2 Å². The van der Waals surface area contributed by atoms with Crippen LogP contribution < -0.4 is 5.32 Å². The Kier molecular flexibility index (Phi) is 55.0. The molecular formula is C61H115NO5. The molecule has 0 saturated heterocycles. The fourth-order valence-corrected chi connectivity index (χ4v) is 9.08. The van der Waals surface area contributed by atoms with Gasteiger partial charge in [-0.15, -0.1) is 0 Å². The predicted molar refractivity (Wildman–Crippen MR) is 292 cm³/mol. The van der Waals surface area contributed by atoms with Crippen molar-refractivity contribution in [3.05, 3.63) is 36.5 Å². The fourth-order valence-electron chi connectivity index (χ4n) is 9.08. The number of unbranched alkanes of at least 4 members (excludes halogenated alkanes) is 38. The molecule has 0 aromatic heterocycles. The maximum absolute atomic E-state index is 12.5. The van der Waals surface area contributed by atoms with Gasteiger partial charge in [-0.25, -0.2) is 0 Å². The minimum Gasteiger partial charge on any atom is -0.466 e. The van der Waals surface area contributed by atoms with Crippen molar-refractivity contribution in [2.24, 2.45) is 0 Å². The van der Waals surface area contributed by atoms with Crippen LogP contribution in [0.2, 0.25) is 0 Å². The number of allylic oxidation sites excluding steroid dienone is 6. The SMILES string of the molecule is CCCCC/C=C\CCCCCCCC(=O)OCCCCC/C=C\C/C=C\CCCCCCCCCC(=O)NC(CO)C(O)CCCCCCCCCCCCCCCCCCCCCCC. The molecule has 0 aliphatic rings. The van der Waals surface area contributed by atoms with E-state index in [4.69, 9.17) is 4.74 Å². The molecule has 1 amide bonds. The van der Waals surface area contributed by atoms with Gasteiger partial charge in [-0.3, -0.25) is 9.59 Å². The van der Waals surface area contributed by atoms with Gasteiger partial charge in [-0.2, -0.15) is 0 Å². The largest absolute Gasteiger partial charge is 0.466 e. The molecular weight excluding hydrogens is 827 g/mol. The highest BCUT2D eigenvalue weighted by atomic mass is 16.5. The molecule has 0 bridgehead atoms. The first-order valence-corrected chi connectivity index (χ1v) is 29.7. The molecule has 6 nitrogen and oxygen atoms in total. The molecule has 2 unspecified atom stereocenters. The van der Waals surface area contributed by atoms with Gasteiger partial charge >= 0.3 is 5.97 Å². The van der Waals surface area contributed by atoms with Crippen LogP contribution in [0.25, 0.3) is 0 Å². The third-order valence-electron chi connectivity index (χ3n) is 13.7. The first-order valence-electron chi connectivity index (χ1n) is 29.7. The summed E-state index contributed by atoms with van der Waals surface area (Å²) in [6.45, 7) is 4.89. The van der Waals surface area contributed by atoms with Crippen LogP contribution in [0.1, 0.15) is 316 Å². The lowest BCUT2D eigenvalue weighted by molar-refractivity contribution is -0.143. The standard InChI is InChI=1S/C61H115NO5/c1-3-5-7-9-11-13-15-17-18-19-20-21-22-24-27-30-33-37-41-45-49-53-59(64)58(57-63)62-60(65)54-50-46-42-38-34-31-28-25-23-26-29-32-36-40-44-48-52-56-67-61(66)55-51-47-43-39-35-16-14-12-10-8-6-4-2/h12,14,23,26,32,36,58-59,63-64H,3-11,13,15-22,24-25,27-31,33-35,37-57H2,1-2H3,(H,62,65)/b14-12-,26-23-,36-32-. The van der Waals surface area contributed by atoms with Crippen molar-refractivity contribution in [1.82, 2.24) is 5.32 Å². The molecule has 2 atom stereocenters. The Morgan fingerprint density at radius 3 is 1.18 bits per heavy atom. The highest BCUT2D eigenvalue weighted by Crippen LogP contribution is 2.17. The van der Waals surface area contributed by atoms with Crippen molar-refractivity contribution in [3.63, 3.8) is 0 Å². The van der Waals surface area contributed by atoms with Crippen LogP contribution >= 0.6 is 0 Å². The molecule has 0 aromatic carbocycles. The van der Waals surface area contributed by atoms with Crippen molar-refractivity contribution >= 4 is 11.9 Å². The Hall–Kier alpha value is -1.92. The van der Waals surface area contributed by atoms with Gasteiger partial charge in [-0.1, -0.05) is 249 Å². The number of aliphatic hydroxyl groups is 2. The van der Waals surface area contributed by atoms with Crippen LogP contribution in [-0.2, 0) is 14.3 Å². The molecule has 0 aliphatic carbocycles. The van der Waals surface area contributed by atoms with Crippen molar-refractivity contribution in [1.29, 1.82) is 0 Å². The third-order valence-corrected chi connectivity index (χ3v) is 13.7. The summed E-state index contributed by atoms with van der Waals surface area (Å²) in [5.41, 5.74) is 0. The maximum Gasteiger partial charge on any atom is 0.305 e. The number of hydrogen-bond donors (Lipinski definition) is 3. The molecule has 0 radical (unpaired) electrons. The molecule has 0 aliphatic heterocycles. The van der Waals surface area contributed by atoms with E-state index in [2.05, 4.69) is 55.6 Å². The van der Waals surface area contributed by atoms with Crippen LogP contribution in [0.15, 0.2) is 36.5 Å². The van der Waals surface area contributed by atoms with E-state index >= 15 is 0 Å².